The van der Waals surface area contributed by atoms with E-state index in [1.807, 2.05) is 38.1 Å². The SMILES string of the molecule is Cc1ccc2sc(N(Cc3ccccn3)C(=O)COc3ccc(Cl)cc3Cl)nc2c1C. The number of pyridine rings is 1. The quantitative estimate of drug-likeness (QED) is 0.334. The molecule has 0 fully saturated rings. The molecule has 8 heteroatoms. The Morgan fingerprint density at radius 3 is 2.71 bits per heavy atom. The average Bonchev–Trinajstić information content (AvgIpc) is 3.19. The van der Waals surface area contributed by atoms with Crippen LogP contribution < -0.4 is 9.64 Å². The normalized spacial score (nSPS) is 11.0. The number of aryl methyl sites for hydroxylation is 2. The summed E-state index contributed by atoms with van der Waals surface area (Å²) < 4.78 is 6.71. The Balaban J connectivity index is 1.64. The van der Waals surface area contributed by atoms with Crippen LogP contribution in [0.1, 0.15) is 16.8 Å². The molecule has 0 aliphatic rings. The molecule has 158 valence electrons. The average molecular weight is 472 g/mol. The molecule has 0 radical (unpaired) electrons. The molecule has 0 aliphatic heterocycles. The van der Waals surface area contributed by atoms with Crippen molar-refractivity contribution in [2.24, 2.45) is 0 Å². The third kappa shape index (κ3) is 4.82. The summed E-state index contributed by atoms with van der Waals surface area (Å²) in [5.74, 6) is 0.151. The molecular formula is C23H19Cl2N3O2S. The first-order valence-electron chi connectivity index (χ1n) is 9.57. The van der Waals surface area contributed by atoms with Gasteiger partial charge in [0.1, 0.15) is 5.75 Å². The van der Waals surface area contributed by atoms with E-state index < -0.39 is 0 Å². The molecule has 4 aromatic rings. The first-order valence-corrected chi connectivity index (χ1v) is 11.1. The largest absolute Gasteiger partial charge is 0.482 e. The number of fused-ring (bicyclic) bond motifs is 1. The molecule has 0 atom stereocenters. The zero-order valence-corrected chi connectivity index (χ0v) is 19.3. The van der Waals surface area contributed by atoms with Gasteiger partial charge in [-0.3, -0.25) is 14.7 Å². The number of amides is 1. The summed E-state index contributed by atoms with van der Waals surface area (Å²) in [6, 6.07) is 14.6. The van der Waals surface area contributed by atoms with Gasteiger partial charge in [0.05, 0.1) is 27.5 Å². The molecule has 0 bridgehead atoms. The van der Waals surface area contributed by atoms with Gasteiger partial charge >= 0.3 is 0 Å². The van der Waals surface area contributed by atoms with E-state index in [0.29, 0.717) is 20.9 Å². The van der Waals surface area contributed by atoms with Crippen LogP contribution in [0.15, 0.2) is 54.7 Å². The Morgan fingerprint density at radius 1 is 1.13 bits per heavy atom. The van der Waals surface area contributed by atoms with Gasteiger partial charge in [0, 0.05) is 11.2 Å². The summed E-state index contributed by atoms with van der Waals surface area (Å²) in [6.45, 7) is 4.18. The Morgan fingerprint density at radius 2 is 1.97 bits per heavy atom. The molecule has 2 heterocycles. The number of carbonyl (C=O) groups is 1. The van der Waals surface area contributed by atoms with E-state index in [4.69, 9.17) is 32.9 Å². The molecule has 1 amide bonds. The number of hydrogen-bond donors (Lipinski definition) is 0. The second-order valence-corrected chi connectivity index (χ2v) is 8.87. The number of ether oxygens (including phenoxy) is 1. The summed E-state index contributed by atoms with van der Waals surface area (Å²) in [5, 5.41) is 1.45. The molecule has 2 aromatic heterocycles. The standard InChI is InChI=1S/C23H19Cl2N3O2S/c1-14-6-9-20-22(15(14)2)27-23(31-20)28(12-17-5-3-4-10-26-17)21(29)13-30-19-8-7-16(24)11-18(19)25/h3-11H,12-13H2,1-2H3. The lowest BCUT2D eigenvalue weighted by Crippen LogP contribution is -2.34. The number of nitrogens with zero attached hydrogens (tertiary/aromatic N) is 3. The van der Waals surface area contributed by atoms with Crippen molar-refractivity contribution in [2.75, 3.05) is 11.5 Å². The highest BCUT2D eigenvalue weighted by molar-refractivity contribution is 7.22. The van der Waals surface area contributed by atoms with Crippen LogP contribution >= 0.6 is 34.5 Å². The zero-order chi connectivity index (χ0) is 22.0. The van der Waals surface area contributed by atoms with Crippen molar-refractivity contribution in [1.82, 2.24) is 9.97 Å². The van der Waals surface area contributed by atoms with Gasteiger partial charge in [-0.2, -0.15) is 0 Å². The Hall–Kier alpha value is -2.67. The minimum absolute atomic E-state index is 0.192. The topological polar surface area (TPSA) is 55.3 Å². The van der Waals surface area contributed by atoms with Crippen LogP contribution in [-0.2, 0) is 11.3 Å². The molecule has 4 rings (SSSR count). The van der Waals surface area contributed by atoms with Crippen molar-refractivity contribution in [1.29, 1.82) is 0 Å². The van der Waals surface area contributed by atoms with Gasteiger partial charge < -0.3 is 4.74 Å². The van der Waals surface area contributed by atoms with Gasteiger partial charge in [0.15, 0.2) is 11.7 Å². The lowest BCUT2D eigenvalue weighted by molar-refractivity contribution is -0.120. The van der Waals surface area contributed by atoms with Crippen molar-refractivity contribution < 1.29 is 9.53 Å². The monoisotopic (exact) mass is 471 g/mol. The van der Waals surface area contributed by atoms with Crippen LogP contribution in [0.25, 0.3) is 10.2 Å². The number of halogens is 2. The van der Waals surface area contributed by atoms with E-state index in [1.54, 1.807) is 29.3 Å². The molecule has 0 spiro atoms. The van der Waals surface area contributed by atoms with Crippen LogP contribution in [0, 0.1) is 13.8 Å². The Bertz CT molecular complexity index is 1240. The molecular weight excluding hydrogens is 453 g/mol. The summed E-state index contributed by atoms with van der Waals surface area (Å²) in [4.78, 5) is 23.9. The van der Waals surface area contributed by atoms with Crippen molar-refractivity contribution in [3.05, 3.63) is 81.6 Å². The molecule has 31 heavy (non-hydrogen) atoms. The van der Waals surface area contributed by atoms with Crippen LogP contribution in [0.3, 0.4) is 0 Å². The van der Waals surface area contributed by atoms with Gasteiger partial charge in [-0.05, 0) is 61.4 Å². The van der Waals surface area contributed by atoms with Crippen LogP contribution in [0.5, 0.6) is 5.75 Å². The van der Waals surface area contributed by atoms with E-state index in [-0.39, 0.29) is 19.1 Å². The van der Waals surface area contributed by atoms with E-state index in [9.17, 15) is 4.79 Å². The summed E-state index contributed by atoms with van der Waals surface area (Å²) in [5.41, 5.74) is 3.93. The van der Waals surface area contributed by atoms with Crippen molar-refractivity contribution in [3.63, 3.8) is 0 Å². The first kappa shape index (κ1) is 21.6. The number of aromatic nitrogens is 2. The Labute approximate surface area is 194 Å². The number of hydrogen-bond acceptors (Lipinski definition) is 5. The van der Waals surface area contributed by atoms with Gasteiger partial charge in [0.25, 0.3) is 5.91 Å². The third-order valence-corrected chi connectivity index (χ3v) is 6.47. The molecule has 0 aliphatic carbocycles. The van der Waals surface area contributed by atoms with E-state index >= 15 is 0 Å². The second kappa shape index (κ2) is 9.22. The number of thiazole rings is 1. The minimum Gasteiger partial charge on any atom is -0.482 e. The van der Waals surface area contributed by atoms with Crippen LogP contribution in [0.2, 0.25) is 10.0 Å². The summed E-state index contributed by atoms with van der Waals surface area (Å²) in [6.07, 6.45) is 1.70. The summed E-state index contributed by atoms with van der Waals surface area (Å²) in [7, 11) is 0. The predicted octanol–water partition coefficient (Wildman–Crippen LogP) is 6.23. The lowest BCUT2D eigenvalue weighted by atomic mass is 10.1. The maximum atomic E-state index is 13.2. The van der Waals surface area contributed by atoms with Crippen molar-refractivity contribution in [2.45, 2.75) is 20.4 Å². The van der Waals surface area contributed by atoms with Gasteiger partial charge in [-0.15, -0.1) is 0 Å². The lowest BCUT2D eigenvalue weighted by Gasteiger charge is -2.20. The smallest absolute Gasteiger partial charge is 0.267 e. The zero-order valence-electron chi connectivity index (χ0n) is 16.9. The van der Waals surface area contributed by atoms with E-state index in [1.165, 1.54) is 11.3 Å². The fourth-order valence-electron chi connectivity index (χ4n) is 3.06. The van der Waals surface area contributed by atoms with Crippen LogP contribution in [-0.4, -0.2) is 22.5 Å². The number of rotatable bonds is 6. The highest BCUT2D eigenvalue weighted by Gasteiger charge is 2.22. The number of carbonyl (C=O) groups excluding carboxylic acids is 1. The van der Waals surface area contributed by atoms with Crippen molar-refractivity contribution >= 4 is 55.8 Å². The fourth-order valence-corrected chi connectivity index (χ4v) is 4.56. The molecule has 0 saturated heterocycles. The number of anilines is 1. The van der Waals surface area contributed by atoms with Crippen LogP contribution in [0.4, 0.5) is 5.13 Å². The predicted molar refractivity (Wildman–Crippen MR) is 126 cm³/mol. The maximum absolute atomic E-state index is 13.2. The minimum atomic E-state index is -0.245. The third-order valence-electron chi connectivity index (χ3n) is 4.90. The molecule has 0 saturated carbocycles. The van der Waals surface area contributed by atoms with Crippen molar-refractivity contribution in [3.8, 4) is 5.75 Å². The molecule has 0 unspecified atom stereocenters. The van der Waals surface area contributed by atoms with E-state index in [0.717, 1.165) is 27.0 Å². The molecule has 0 N–H and O–H groups in total. The molecule has 2 aromatic carbocycles. The van der Waals surface area contributed by atoms with E-state index in [2.05, 4.69) is 11.1 Å². The van der Waals surface area contributed by atoms with Gasteiger partial charge in [0.2, 0.25) is 0 Å². The highest BCUT2D eigenvalue weighted by Crippen LogP contribution is 2.33. The first-order chi connectivity index (χ1) is 14.9. The van der Waals surface area contributed by atoms with Gasteiger partial charge in [-0.25, -0.2) is 4.98 Å². The Kier molecular flexibility index (Phi) is 6.41. The number of benzene rings is 2. The fraction of sp³-hybridized carbons (Fsp3) is 0.174. The maximum Gasteiger partial charge on any atom is 0.267 e. The second-order valence-electron chi connectivity index (χ2n) is 7.02. The summed E-state index contributed by atoms with van der Waals surface area (Å²) >= 11 is 13.6. The molecule has 5 nitrogen and oxygen atoms in total. The highest BCUT2D eigenvalue weighted by atomic mass is 35.5. The van der Waals surface area contributed by atoms with Gasteiger partial charge in [-0.1, -0.05) is 46.7 Å².